The van der Waals surface area contributed by atoms with Gasteiger partial charge < -0.3 is 9.73 Å². The zero-order valence-corrected chi connectivity index (χ0v) is 12.7. The molecule has 0 aliphatic heterocycles. The molecule has 3 nitrogen and oxygen atoms in total. The van der Waals surface area contributed by atoms with Crippen molar-refractivity contribution in [2.24, 2.45) is 5.92 Å². The van der Waals surface area contributed by atoms with Gasteiger partial charge in [0.2, 0.25) is 5.91 Å². The molecule has 0 fully saturated rings. The van der Waals surface area contributed by atoms with Gasteiger partial charge in [-0.1, -0.05) is 44.2 Å². The van der Waals surface area contributed by atoms with E-state index in [1.165, 1.54) is 5.56 Å². The Kier molecular flexibility index (Phi) is 5.61. The molecule has 0 saturated heterocycles. The first-order valence-corrected chi connectivity index (χ1v) is 7.52. The molecule has 0 aliphatic rings. The van der Waals surface area contributed by atoms with Gasteiger partial charge in [-0.2, -0.15) is 0 Å². The number of carbonyl (C=O) groups is 1. The van der Waals surface area contributed by atoms with E-state index in [0.717, 1.165) is 12.2 Å². The number of nitrogens with one attached hydrogen (secondary N) is 1. The number of benzene rings is 1. The fourth-order valence-corrected chi connectivity index (χ4v) is 2.45. The second kappa shape index (κ2) is 7.67. The van der Waals surface area contributed by atoms with Crippen LogP contribution in [0.3, 0.4) is 0 Å². The van der Waals surface area contributed by atoms with Gasteiger partial charge in [0.15, 0.2) is 0 Å². The van der Waals surface area contributed by atoms with Gasteiger partial charge >= 0.3 is 0 Å². The monoisotopic (exact) mass is 285 g/mol. The van der Waals surface area contributed by atoms with E-state index in [4.69, 9.17) is 4.42 Å². The molecule has 2 aromatic rings. The summed E-state index contributed by atoms with van der Waals surface area (Å²) in [6, 6.07) is 14.2. The summed E-state index contributed by atoms with van der Waals surface area (Å²) in [6.07, 6.45) is 3.11. The van der Waals surface area contributed by atoms with Gasteiger partial charge in [-0.3, -0.25) is 4.79 Å². The van der Waals surface area contributed by atoms with Crippen molar-refractivity contribution in [3.63, 3.8) is 0 Å². The van der Waals surface area contributed by atoms with Crippen LogP contribution in [0.4, 0.5) is 0 Å². The lowest BCUT2D eigenvalue weighted by Gasteiger charge is -2.16. The molecule has 1 N–H and O–H groups in total. The first-order valence-electron chi connectivity index (χ1n) is 7.52. The van der Waals surface area contributed by atoms with Crippen LogP contribution in [0.15, 0.2) is 53.1 Å². The topological polar surface area (TPSA) is 42.2 Å². The molecule has 3 heteroatoms. The lowest BCUT2D eigenvalue weighted by Crippen LogP contribution is -2.26. The Labute approximate surface area is 126 Å². The van der Waals surface area contributed by atoms with Crippen molar-refractivity contribution in [2.75, 3.05) is 6.54 Å². The molecule has 0 aliphatic carbocycles. The van der Waals surface area contributed by atoms with E-state index in [2.05, 4.69) is 31.3 Å². The second-order valence-corrected chi connectivity index (χ2v) is 5.72. The molecule has 2 rings (SSSR count). The summed E-state index contributed by atoms with van der Waals surface area (Å²) in [4.78, 5) is 11.7. The van der Waals surface area contributed by atoms with Crippen molar-refractivity contribution in [3.05, 3.63) is 60.1 Å². The van der Waals surface area contributed by atoms with Crippen molar-refractivity contribution in [2.45, 2.75) is 32.6 Å². The SMILES string of the molecule is CC(C)CC(=O)NCC[C@@H](c1ccccc1)c1ccco1. The number of amides is 1. The van der Waals surface area contributed by atoms with Crippen molar-refractivity contribution >= 4 is 5.91 Å². The summed E-state index contributed by atoms with van der Waals surface area (Å²) in [7, 11) is 0. The van der Waals surface area contributed by atoms with Gasteiger partial charge in [0, 0.05) is 18.9 Å². The summed E-state index contributed by atoms with van der Waals surface area (Å²) < 4.78 is 5.56. The van der Waals surface area contributed by atoms with Gasteiger partial charge in [-0.05, 0) is 30.0 Å². The average molecular weight is 285 g/mol. The zero-order valence-electron chi connectivity index (χ0n) is 12.7. The molecule has 1 aromatic carbocycles. The Bertz CT molecular complexity index is 532. The highest BCUT2D eigenvalue weighted by Crippen LogP contribution is 2.27. The van der Waals surface area contributed by atoms with Crippen molar-refractivity contribution in [1.82, 2.24) is 5.32 Å². The van der Waals surface area contributed by atoms with Crippen LogP contribution >= 0.6 is 0 Å². The van der Waals surface area contributed by atoms with Crippen LogP contribution in [0, 0.1) is 5.92 Å². The highest BCUT2D eigenvalue weighted by atomic mass is 16.3. The number of hydrogen-bond acceptors (Lipinski definition) is 2. The number of carbonyl (C=O) groups excluding carboxylic acids is 1. The molecule has 21 heavy (non-hydrogen) atoms. The molecule has 0 spiro atoms. The van der Waals surface area contributed by atoms with E-state index in [9.17, 15) is 4.79 Å². The van der Waals surface area contributed by atoms with Gasteiger partial charge in [-0.25, -0.2) is 0 Å². The normalized spacial score (nSPS) is 12.3. The molecule has 112 valence electrons. The lowest BCUT2D eigenvalue weighted by atomic mass is 9.93. The van der Waals surface area contributed by atoms with E-state index < -0.39 is 0 Å². The highest BCUT2D eigenvalue weighted by molar-refractivity contribution is 5.76. The van der Waals surface area contributed by atoms with Crippen molar-refractivity contribution in [3.8, 4) is 0 Å². The molecule has 1 aromatic heterocycles. The average Bonchev–Trinajstić information content (AvgIpc) is 2.97. The van der Waals surface area contributed by atoms with Crippen molar-refractivity contribution < 1.29 is 9.21 Å². The molecule has 0 unspecified atom stereocenters. The van der Waals surface area contributed by atoms with Crippen LogP contribution in [0.25, 0.3) is 0 Å². The van der Waals surface area contributed by atoms with Gasteiger partial charge in [0.05, 0.1) is 6.26 Å². The fourth-order valence-electron chi connectivity index (χ4n) is 2.45. The predicted octanol–water partition coefficient (Wildman–Crippen LogP) is 3.96. The van der Waals surface area contributed by atoms with Crippen LogP contribution in [0.5, 0.6) is 0 Å². The lowest BCUT2D eigenvalue weighted by molar-refractivity contribution is -0.121. The third-order valence-corrected chi connectivity index (χ3v) is 3.44. The summed E-state index contributed by atoms with van der Waals surface area (Å²) in [5, 5.41) is 3.00. The van der Waals surface area contributed by atoms with E-state index in [-0.39, 0.29) is 11.8 Å². The van der Waals surface area contributed by atoms with Gasteiger partial charge in [0.25, 0.3) is 0 Å². The molecular formula is C18H23NO2. The molecule has 1 amide bonds. The van der Waals surface area contributed by atoms with E-state index in [1.54, 1.807) is 6.26 Å². The molecule has 0 radical (unpaired) electrons. The summed E-state index contributed by atoms with van der Waals surface area (Å²) in [5.74, 6) is 1.64. The predicted molar refractivity (Wildman–Crippen MR) is 84.1 cm³/mol. The van der Waals surface area contributed by atoms with Gasteiger partial charge in [-0.15, -0.1) is 0 Å². The third kappa shape index (κ3) is 4.78. The first kappa shape index (κ1) is 15.4. The maximum atomic E-state index is 11.7. The van der Waals surface area contributed by atoms with Crippen LogP contribution in [0.1, 0.15) is 43.9 Å². The Morgan fingerprint density at radius 2 is 1.90 bits per heavy atom. The van der Waals surface area contributed by atoms with Gasteiger partial charge in [0.1, 0.15) is 5.76 Å². The molecule has 0 bridgehead atoms. The number of furan rings is 1. The minimum absolute atomic E-state index is 0.122. The van der Waals surface area contributed by atoms with E-state index >= 15 is 0 Å². The maximum Gasteiger partial charge on any atom is 0.220 e. The molecular weight excluding hydrogens is 262 g/mol. The Balaban J connectivity index is 1.97. The largest absolute Gasteiger partial charge is 0.469 e. The molecule has 0 saturated carbocycles. The standard InChI is InChI=1S/C18H23NO2/c1-14(2)13-18(20)19-11-10-16(17-9-6-12-21-17)15-7-4-3-5-8-15/h3-9,12,14,16H,10-11,13H2,1-2H3,(H,19,20)/t16-/m0/s1. The Hall–Kier alpha value is -2.03. The highest BCUT2D eigenvalue weighted by Gasteiger charge is 2.16. The van der Waals surface area contributed by atoms with Crippen molar-refractivity contribution in [1.29, 1.82) is 0 Å². The maximum absolute atomic E-state index is 11.7. The first-order chi connectivity index (χ1) is 10.2. The summed E-state index contributed by atoms with van der Waals surface area (Å²) in [5.41, 5.74) is 1.21. The minimum atomic E-state index is 0.122. The summed E-state index contributed by atoms with van der Waals surface area (Å²) in [6.45, 7) is 4.76. The Morgan fingerprint density at radius 3 is 2.52 bits per heavy atom. The van der Waals surface area contributed by atoms with E-state index in [1.807, 2.05) is 30.3 Å². The Morgan fingerprint density at radius 1 is 1.14 bits per heavy atom. The quantitative estimate of drug-likeness (QED) is 0.836. The summed E-state index contributed by atoms with van der Waals surface area (Å²) >= 11 is 0. The minimum Gasteiger partial charge on any atom is -0.469 e. The zero-order chi connectivity index (χ0) is 15.1. The van der Waals surface area contributed by atoms with Crippen LogP contribution in [-0.2, 0) is 4.79 Å². The van der Waals surface area contributed by atoms with Crippen LogP contribution in [0.2, 0.25) is 0 Å². The molecule has 1 heterocycles. The molecule has 1 atom stereocenters. The smallest absolute Gasteiger partial charge is 0.220 e. The second-order valence-electron chi connectivity index (χ2n) is 5.72. The van der Waals surface area contributed by atoms with E-state index in [0.29, 0.717) is 18.9 Å². The fraction of sp³-hybridized carbons (Fsp3) is 0.389. The van der Waals surface area contributed by atoms with Crippen LogP contribution in [-0.4, -0.2) is 12.5 Å². The van der Waals surface area contributed by atoms with Crippen LogP contribution < -0.4 is 5.32 Å². The number of rotatable bonds is 7. The third-order valence-electron chi connectivity index (χ3n) is 3.44. The number of hydrogen-bond donors (Lipinski definition) is 1.